The number of halogens is 3. The SMILES string of the molecule is Fc1ccc(-c2nc(-c3ccc(Br)cc3)cs2)cc1Cl. The van der Waals surface area contributed by atoms with E-state index in [4.69, 9.17) is 11.6 Å². The number of rotatable bonds is 2. The molecule has 0 unspecified atom stereocenters. The molecule has 1 aromatic heterocycles. The molecule has 0 amide bonds. The summed E-state index contributed by atoms with van der Waals surface area (Å²) >= 11 is 10.7. The quantitative estimate of drug-likeness (QED) is 0.538. The molecule has 2 aromatic carbocycles. The minimum atomic E-state index is -0.417. The molecule has 0 atom stereocenters. The maximum atomic E-state index is 13.2. The molecule has 1 nitrogen and oxygen atoms in total. The van der Waals surface area contributed by atoms with E-state index in [0.717, 1.165) is 26.3 Å². The molecule has 0 spiro atoms. The first kappa shape index (κ1) is 13.7. The minimum Gasteiger partial charge on any atom is -0.236 e. The van der Waals surface area contributed by atoms with E-state index in [0.29, 0.717) is 0 Å². The summed E-state index contributed by atoms with van der Waals surface area (Å²) < 4.78 is 14.2. The molecule has 3 aromatic rings. The van der Waals surface area contributed by atoms with E-state index in [2.05, 4.69) is 20.9 Å². The molecular formula is C15H8BrClFNS. The van der Waals surface area contributed by atoms with Gasteiger partial charge in [-0.25, -0.2) is 9.37 Å². The van der Waals surface area contributed by atoms with Crippen LogP contribution in [0.1, 0.15) is 0 Å². The van der Waals surface area contributed by atoms with Crippen LogP contribution in [0.2, 0.25) is 5.02 Å². The first-order chi connectivity index (χ1) is 9.63. The Morgan fingerprint density at radius 3 is 2.45 bits per heavy atom. The lowest BCUT2D eigenvalue weighted by Gasteiger charge is -1.99. The number of nitrogens with zero attached hydrogens (tertiary/aromatic N) is 1. The van der Waals surface area contributed by atoms with Crippen LogP contribution in [0.3, 0.4) is 0 Å². The van der Waals surface area contributed by atoms with Crippen molar-refractivity contribution in [3.05, 3.63) is 63.2 Å². The molecule has 100 valence electrons. The average molecular weight is 369 g/mol. The molecule has 0 saturated heterocycles. The molecule has 0 N–H and O–H groups in total. The first-order valence-electron chi connectivity index (χ1n) is 5.80. The largest absolute Gasteiger partial charge is 0.236 e. The fourth-order valence-corrected chi connectivity index (χ4v) is 3.06. The molecule has 0 fully saturated rings. The van der Waals surface area contributed by atoms with Gasteiger partial charge in [-0.15, -0.1) is 11.3 Å². The number of benzene rings is 2. The zero-order chi connectivity index (χ0) is 14.1. The molecule has 0 radical (unpaired) electrons. The summed E-state index contributed by atoms with van der Waals surface area (Å²) in [7, 11) is 0. The summed E-state index contributed by atoms with van der Waals surface area (Å²) in [6.45, 7) is 0. The fraction of sp³-hybridized carbons (Fsp3) is 0. The number of hydrogen-bond donors (Lipinski definition) is 0. The van der Waals surface area contributed by atoms with Crippen molar-refractivity contribution in [1.29, 1.82) is 0 Å². The van der Waals surface area contributed by atoms with Gasteiger partial charge in [-0.1, -0.05) is 39.7 Å². The van der Waals surface area contributed by atoms with Crippen LogP contribution in [0.15, 0.2) is 52.3 Å². The number of aromatic nitrogens is 1. The van der Waals surface area contributed by atoms with Gasteiger partial charge in [0.15, 0.2) is 0 Å². The molecular weight excluding hydrogens is 361 g/mol. The Balaban J connectivity index is 1.97. The van der Waals surface area contributed by atoms with Crippen molar-refractivity contribution in [3.8, 4) is 21.8 Å². The van der Waals surface area contributed by atoms with Gasteiger partial charge in [-0.05, 0) is 30.3 Å². The number of hydrogen-bond acceptors (Lipinski definition) is 2. The van der Waals surface area contributed by atoms with Crippen LogP contribution < -0.4 is 0 Å². The van der Waals surface area contributed by atoms with Crippen LogP contribution in [-0.4, -0.2) is 4.98 Å². The third kappa shape index (κ3) is 2.77. The summed E-state index contributed by atoms with van der Waals surface area (Å²) in [5.41, 5.74) is 2.77. The molecule has 3 rings (SSSR count). The van der Waals surface area contributed by atoms with Crippen molar-refractivity contribution in [2.75, 3.05) is 0 Å². The third-order valence-corrected chi connectivity index (χ3v) is 4.52. The van der Waals surface area contributed by atoms with Crippen LogP contribution in [0, 0.1) is 5.82 Å². The van der Waals surface area contributed by atoms with E-state index in [-0.39, 0.29) is 5.02 Å². The minimum absolute atomic E-state index is 0.114. The van der Waals surface area contributed by atoms with Crippen molar-refractivity contribution in [3.63, 3.8) is 0 Å². The summed E-state index contributed by atoms with van der Waals surface area (Å²) in [6, 6.07) is 12.6. The maximum Gasteiger partial charge on any atom is 0.141 e. The molecule has 20 heavy (non-hydrogen) atoms. The first-order valence-corrected chi connectivity index (χ1v) is 7.85. The standard InChI is InChI=1S/C15H8BrClFNS/c16-11-4-1-9(2-5-11)14-8-20-15(19-14)10-3-6-13(18)12(17)7-10/h1-8H. The fourth-order valence-electron chi connectivity index (χ4n) is 1.79. The van der Waals surface area contributed by atoms with Crippen LogP contribution in [0.4, 0.5) is 4.39 Å². The second-order valence-corrected chi connectivity index (χ2v) is 6.35. The normalized spacial score (nSPS) is 10.8. The second kappa shape index (κ2) is 5.64. The second-order valence-electron chi connectivity index (χ2n) is 4.17. The van der Waals surface area contributed by atoms with Gasteiger partial charge in [0.2, 0.25) is 0 Å². The van der Waals surface area contributed by atoms with Crippen molar-refractivity contribution in [1.82, 2.24) is 4.98 Å². The smallest absolute Gasteiger partial charge is 0.141 e. The zero-order valence-corrected chi connectivity index (χ0v) is 13.3. The Kier molecular flexibility index (Phi) is 3.87. The Labute approximate surface area is 133 Å². The van der Waals surface area contributed by atoms with Crippen LogP contribution in [0.5, 0.6) is 0 Å². The van der Waals surface area contributed by atoms with Gasteiger partial charge in [0.25, 0.3) is 0 Å². The van der Waals surface area contributed by atoms with Gasteiger partial charge in [0, 0.05) is 21.0 Å². The van der Waals surface area contributed by atoms with E-state index in [1.165, 1.54) is 17.4 Å². The van der Waals surface area contributed by atoms with E-state index < -0.39 is 5.82 Å². The van der Waals surface area contributed by atoms with E-state index in [1.54, 1.807) is 12.1 Å². The Hall–Kier alpha value is -1.23. The predicted molar refractivity (Wildman–Crippen MR) is 85.7 cm³/mol. The lowest BCUT2D eigenvalue weighted by molar-refractivity contribution is 0.628. The zero-order valence-electron chi connectivity index (χ0n) is 10.1. The van der Waals surface area contributed by atoms with E-state index in [9.17, 15) is 4.39 Å². The van der Waals surface area contributed by atoms with Crippen molar-refractivity contribution in [2.45, 2.75) is 0 Å². The van der Waals surface area contributed by atoms with Gasteiger partial charge in [0.05, 0.1) is 10.7 Å². The Bertz CT molecular complexity index is 755. The summed E-state index contributed by atoms with van der Waals surface area (Å²) in [5.74, 6) is -0.417. The summed E-state index contributed by atoms with van der Waals surface area (Å²) in [4.78, 5) is 4.57. The highest BCUT2D eigenvalue weighted by molar-refractivity contribution is 9.10. The highest BCUT2D eigenvalue weighted by Crippen LogP contribution is 2.31. The summed E-state index contributed by atoms with van der Waals surface area (Å²) in [6.07, 6.45) is 0. The molecule has 5 heteroatoms. The van der Waals surface area contributed by atoms with Gasteiger partial charge in [-0.3, -0.25) is 0 Å². The van der Waals surface area contributed by atoms with Gasteiger partial charge in [-0.2, -0.15) is 0 Å². The Morgan fingerprint density at radius 1 is 1.05 bits per heavy atom. The van der Waals surface area contributed by atoms with Crippen LogP contribution in [-0.2, 0) is 0 Å². The topological polar surface area (TPSA) is 12.9 Å². The predicted octanol–water partition coefficient (Wildman–Crippen LogP) is 6.03. The highest BCUT2D eigenvalue weighted by Gasteiger charge is 2.08. The molecule has 0 aliphatic rings. The molecule has 0 aliphatic carbocycles. The van der Waals surface area contributed by atoms with E-state index >= 15 is 0 Å². The lowest BCUT2D eigenvalue weighted by Crippen LogP contribution is -1.82. The van der Waals surface area contributed by atoms with E-state index in [1.807, 2.05) is 29.6 Å². The number of thiazole rings is 1. The van der Waals surface area contributed by atoms with Crippen molar-refractivity contribution >= 4 is 38.9 Å². The van der Waals surface area contributed by atoms with Crippen molar-refractivity contribution in [2.24, 2.45) is 0 Å². The Morgan fingerprint density at radius 2 is 1.75 bits per heavy atom. The van der Waals surface area contributed by atoms with Gasteiger partial charge in [0.1, 0.15) is 10.8 Å². The maximum absolute atomic E-state index is 13.2. The summed E-state index contributed by atoms with van der Waals surface area (Å²) in [5, 5.41) is 2.92. The van der Waals surface area contributed by atoms with Gasteiger partial charge < -0.3 is 0 Å². The van der Waals surface area contributed by atoms with Crippen LogP contribution in [0.25, 0.3) is 21.8 Å². The van der Waals surface area contributed by atoms with Gasteiger partial charge >= 0.3 is 0 Å². The van der Waals surface area contributed by atoms with Crippen LogP contribution >= 0.6 is 38.9 Å². The molecule has 0 saturated carbocycles. The van der Waals surface area contributed by atoms with Crippen molar-refractivity contribution < 1.29 is 4.39 Å². The third-order valence-electron chi connectivity index (χ3n) is 2.81. The molecule has 1 heterocycles. The molecule has 0 aliphatic heterocycles. The lowest BCUT2D eigenvalue weighted by atomic mass is 10.2. The highest BCUT2D eigenvalue weighted by atomic mass is 79.9. The monoisotopic (exact) mass is 367 g/mol. The average Bonchev–Trinajstić information content (AvgIpc) is 2.92. The molecule has 0 bridgehead atoms.